The van der Waals surface area contributed by atoms with Crippen molar-refractivity contribution in [2.75, 3.05) is 26.7 Å². The number of imidazole rings is 1. The van der Waals surface area contributed by atoms with Gasteiger partial charge in [0.1, 0.15) is 11.6 Å². The van der Waals surface area contributed by atoms with Crippen molar-refractivity contribution in [2.24, 2.45) is 5.92 Å². The molecule has 3 aromatic rings. The summed E-state index contributed by atoms with van der Waals surface area (Å²) in [5, 5.41) is 0. The number of benzene rings is 2. The molecule has 0 saturated carbocycles. The maximum Gasteiger partial charge on any atom is 0.229 e. The summed E-state index contributed by atoms with van der Waals surface area (Å²) in [7, 11) is 1.66. The van der Waals surface area contributed by atoms with Crippen molar-refractivity contribution in [3.05, 3.63) is 59.9 Å². The number of carbonyl (C=O) groups is 1. The number of rotatable bonds is 4. The number of nitrogens with zero attached hydrogens (tertiary/aromatic N) is 2. The second-order valence-electron chi connectivity index (χ2n) is 8.12. The number of aromatic nitrogens is 2. The van der Waals surface area contributed by atoms with Crippen molar-refractivity contribution in [3.8, 4) is 5.75 Å². The van der Waals surface area contributed by atoms with E-state index in [0.717, 1.165) is 54.1 Å². The minimum atomic E-state index is -0.110. The summed E-state index contributed by atoms with van der Waals surface area (Å²) in [6.07, 6.45) is 1.87. The van der Waals surface area contributed by atoms with Gasteiger partial charge in [-0.3, -0.25) is 10.2 Å². The molecule has 2 aliphatic rings. The Morgan fingerprint density at radius 2 is 1.87 bits per heavy atom. The second-order valence-corrected chi connectivity index (χ2v) is 8.12. The van der Waals surface area contributed by atoms with E-state index in [4.69, 9.17) is 9.72 Å². The largest absolute Gasteiger partial charge is 0.497 e. The molecule has 0 radical (unpaired) electrons. The van der Waals surface area contributed by atoms with Crippen LogP contribution >= 0.6 is 0 Å². The SMILES string of the molecule is COc1ccc(C2NNCC2C(=O)N2CCC(c3nc4ccccc4[nH]3)CC2)cc1. The van der Waals surface area contributed by atoms with Crippen molar-refractivity contribution in [2.45, 2.75) is 24.8 Å². The van der Waals surface area contributed by atoms with Gasteiger partial charge in [-0.25, -0.2) is 10.4 Å². The standard InChI is InChI=1S/C23H27N5O2/c1-30-17-8-6-15(7-9-17)21-18(14-24-27-21)23(29)28-12-10-16(11-13-28)22-25-19-4-2-3-5-20(19)26-22/h2-9,16,18,21,24,27H,10-14H2,1H3,(H,25,26). The lowest BCUT2D eigenvalue weighted by Gasteiger charge is -2.33. The van der Waals surface area contributed by atoms with Gasteiger partial charge in [-0.05, 0) is 42.7 Å². The van der Waals surface area contributed by atoms with Crippen LogP contribution in [0.5, 0.6) is 5.75 Å². The first-order valence-corrected chi connectivity index (χ1v) is 10.6. The van der Waals surface area contributed by atoms with Crippen molar-refractivity contribution >= 4 is 16.9 Å². The van der Waals surface area contributed by atoms with Crippen LogP contribution in [0.1, 0.15) is 36.2 Å². The van der Waals surface area contributed by atoms with E-state index in [2.05, 4.69) is 21.9 Å². The third-order valence-electron chi connectivity index (χ3n) is 6.38. The third-order valence-corrected chi connectivity index (χ3v) is 6.38. The Hall–Kier alpha value is -2.90. The predicted molar refractivity (Wildman–Crippen MR) is 115 cm³/mol. The highest BCUT2D eigenvalue weighted by atomic mass is 16.5. The Bertz CT molecular complexity index is 991. The number of fused-ring (bicyclic) bond motifs is 1. The van der Waals surface area contributed by atoms with Gasteiger partial charge in [-0.2, -0.15) is 0 Å². The number of hydrogen-bond acceptors (Lipinski definition) is 5. The molecule has 156 valence electrons. The van der Waals surface area contributed by atoms with E-state index in [-0.39, 0.29) is 17.9 Å². The summed E-state index contributed by atoms with van der Waals surface area (Å²) in [5.41, 5.74) is 9.64. The number of hydrazine groups is 1. The first-order chi connectivity index (χ1) is 14.7. The summed E-state index contributed by atoms with van der Waals surface area (Å²) in [6, 6.07) is 16.0. The Morgan fingerprint density at radius 1 is 1.10 bits per heavy atom. The number of aromatic amines is 1. The van der Waals surface area contributed by atoms with Gasteiger partial charge in [-0.1, -0.05) is 24.3 Å². The fourth-order valence-electron chi connectivity index (χ4n) is 4.63. The fourth-order valence-corrected chi connectivity index (χ4v) is 4.63. The van der Waals surface area contributed by atoms with Crippen molar-refractivity contribution in [1.29, 1.82) is 0 Å². The van der Waals surface area contributed by atoms with Gasteiger partial charge in [0.2, 0.25) is 5.91 Å². The molecule has 2 saturated heterocycles. The maximum absolute atomic E-state index is 13.3. The van der Waals surface area contributed by atoms with Gasteiger partial charge in [0.25, 0.3) is 0 Å². The van der Waals surface area contributed by atoms with Crippen molar-refractivity contribution < 1.29 is 9.53 Å². The molecule has 0 spiro atoms. The van der Waals surface area contributed by atoms with E-state index in [0.29, 0.717) is 12.5 Å². The summed E-state index contributed by atoms with van der Waals surface area (Å²) in [5.74, 6) is 2.35. The lowest BCUT2D eigenvalue weighted by Crippen LogP contribution is -2.43. The lowest BCUT2D eigenvalue weighted by atomic mass is 9.91. The molecule has 0 bridgehead atoms. The Kier molecular flexibility index (Phi) is 5.14. The van der Waals surface area contributed by atoms with Gasteiger partial charge >= 0.3 is 0 Å². The monoisotopic (exact) mass is 405 g/mol. The van der Waals surface area contributed by atoms with E-state index >= 15 is 0 Å². The van der Waals surface area contributed by atoms with Crippen LogP contribution in [0.15, 0.2) is 48.5 Å². The normalized spacial score (nSPS) is 22.5. The number of para-hydroxylation sites is 2. The average molecular weight is 406 g/mol. The van der Waals surface area contributed by atoms with Crippen LogP contribution in [-0.2, 0) is 4.79 Å². The van der Waals surface area contributed by atoms with Crippen LogP contribution < -0.4 is 15.6 Å². The lowest BCUT2D eigenvalue weighted by molar-refractivity contribution is -0.136. The summed E-state index contributed by atoms with van der Waals surface area (Å²) in [4.78, 5) is 23.5. The Labute approximate surface area is 175 Å². The molecule has 0 aliphatic carbocycles. The Balaban J connectivity index is 1.24. The summed E-state index contributed by atoms with van der Waals surface area (Å²) < 4.78 is 5.25. The van der Waals surface area contributed by atoms with Gasteiger partial charge in [0.15, 0.2) is 0 Å². The molecule has 5 rings (SSSR count). The molecule has 2 unspecified atom stereocenters. The van der Waals surface area contributed by atoms with Gasteiger partial charge in [0.05, 0.1) is 30.1 Å². The number of nitrogens with one attached hydrogen (secondary N) is 3. The number of ether oxygens (including phenoxy) is 1. The molecule has 3 N–H and O–H groups in total. The summed E-state index contributed by atoms with van der Waals surface area (Å²) in [6.45, 7) is 2.18. The predicted octanol–water partition coefficient (Wildman–Crippen LogP) is 2.74. The molecule has 7 nitrogen and oxygen atoms in total. The van der Waals surface area contributed by atoms with Crippen LogP contribution in [0.25, 0.3) is 11.0 Å². The summed E-state index contributed by atoms with van der Waals surface area (Å²) >= 11 is 0. The zero-order valence-electron chi connectivity index (χ0n) is 17.1. The fraction of sp³-hybridized carbons (Fsp3) is 0.391. The number of hydrogen-bond donors (Lipinski definition) is 3. The molecule has 30 heavy (non-hydrogen) atoms. The molecule has 2 aliphatic heterocycles. The number of methoxy groups -OCH3 is 1. The average Bonchev–Trinajstić information content (AvgIpc) is 3.46. The molecule has 2 fully saturated rings. The molecule has 1 aromatic heterocycles. The van der Waals surface area contributed by atoms with E-state index < -0.39 is 0 Å². The van der Waals surface area contributed by atoms with Gasteiger partial charge in [0, 0.05) is 25.6 Å². The van der Waals surface area contributed by atoms with Crippen LogP contribution in [0, 0.1) is 5.92 Å². The highest BCUT2D eigenvalue weighted by Gasteiger charge is 2.37. The smallest absolute Gasteiger partial charge is 0.229 e. The molecular weight excluding hydrogens is 378 g/mol. The third kappa shape index (κ3) is 3.55. The first kappa shape index (κ1) is 19.1. The topological polar surface area (TPSA) is 82.3 Å². The Morgan fingerprint density at radius 3 is 2.60 bits per heavy atom. The van der Waals surface area contributed by atoms with Crippen LogP contribution in [-0.4, -0.2) is 47.5 Å². The minimum absolute atomic E-state index is 0.0310. The highest BCUT2D eigenvalue weighted by molar-refractivity contribution is 5.80. The van der Waals surface area contributed by atoms with Gasteiger partial charge in [-0.15, -0.1) is 0 Å². The van der Waals surface area contributed by atoms with E-state index in [1.54, 1.807) is 7.11 Å². The molecular formula is C23H27N5O2. The molecule has 2 atom stereocenters. The maximum atomic E-state index is 13.3. The molecule has 3 heterocycles. The zero-order chi connectivity index (χ0) is 20.5. The minimum Gasteiger partial charge on any atom is -0.497 e. The molecule has 1 amide bonds. The number of carbonyl (C=O) groups excluding carboxylic acids is 1. The van der Waals surface area contributed by atoms with Crippen molar-refractivity contribution in [3.63, 3.8) is 0 Å². The van der Waals surface area contributed by atoms with E-state index in [1.807, 2.05) is 47.4 Å². The van der Waals surface area contributed by atoms with Crippen molar-refractivity contribution in [1.82, 2.24) is 25.7 Å². The number of piperidine rings is 1. The quantitative estimate of drug-likeness (QED) is 0.622. The van der Waals surface area contributed by atoms with Crippen LogP contribution in [0.4, 0.5) is 0 Å². The number of likely N-dealkylation sites (tertiary alicyclic amines) is 1. The number of H-pyrrole nitrogens is 1. The van der Waals surface area contributed by atoms with Crippen LogP contribution in [0.2, 0.25) is 0 Å². The first-order valence-electron chi connectivity index (χ1n) is 10.6. The number of amides is 1. The molecule has 7 heteroatoms. The zero-order valence-corrected chi connectivity index (χ0v) is 17.1. The van der Waals surface area contributed by atoms with Crippen LogP contribution in [0.3, 0.4) is 0 Å². The highest BCUT2D eigenvalue weighted by Crippen LogP contribution is 2.32. The van der Waals surface area contributed by atoms with Gasteiger partial charge < -0.3 is 14.6 Å². The van der Waals surface area contributed by atoms with E-state index in [9.17, 15) is 4.79 Å². The second kappa shape index (κ2) is 8.08. The molecule has 2 aromatic carbocycles. The van der Waals surface area contributed by atoms with E-state index in [1.165, 1.54) is 0 Å².